The van der Waals surface area contributed by atoms with Crippen molar-refractivity contribution in [2.45, 2.75) is 32.2 Å². The first kappa shape index (κ1) is 25.0. The average molecular weight is 486 g/mol. The standard InChI is InChI=1S/C29H31N3O4/c1-21(23-12-8-5-9-13-23)32(28(33)17-14-22-10-6-4-7-11-22)19-18-27-30-29(31-36-27)24-15-16-25(34-2)26(20-24)35-3/h4-13,15-16,20-21H,14,17-19H2,1-3H3/t21-/m1/s1. The summed E-state index contributed by atoms with van der Waals surface area (Å²) in [4.78, 5) is 19.8. The van der Waals surface area contributed by atoms with E-state index in [1.807, 2.05) is 77.7 Å². The maximum absolute atomic E-state index is 13.3. The normalized spacial score (nSPS) is 11.6. The molecule has 0 aliphatic carbocycles. The van der Waals surface area contributed by atoms with Crippen LogP contribution in [0.1, 0.15) is 36.4 Å². The molecule has 0 saturated heterocycles. The van der Waals surface area contributed by atoms with Gasteiger partial charge < -0.3 is 18.9 Å². The van der Waals surface area contributed by atoms with E-state index < -0.39 is 0 Å². The smallest absolute Gasteiger partial charge is 0.228 e. The van der Waals surface area contributed by atoms with E-state index in [1.165, 1.54) is 0 Å². The largest absolute Gasteiger partial charge is 0.493 e. The monoisotopic (exact) mass is 485 g/mol. The highest BCUT2D eigenvalue weighted by Crippen LogP contribution is 2.31. The molecule has 0 aliphatic rings. The fourth-order valence-corrected chi connectivity index (χ4v) is 4.15. The third kappa shape index (κ3) is 6.10. The molecule has 0 N–H and O–H groups in total. The predicted molar refractivity (Wildman–Crippen MR) is 138 cm³/mol. The highest BCUT2D eigenvalue weighted by Gasteiger charge is 2.22. The molecule has 0 aliphatic heterocycles. The molecule has 7 heteroatoms. The number of nitrogens with zero attached hydrogens (tertiary/aromatic N) is 3. The van der Waals surface area contributed by atoms with E-state index in [0.29, 0.717) is 49.0 Å². The number of rotatable bonds is 11. The molecule has 0 spiro atoms. The van der Waals surface area contributed by atoms with Crippen molar-refractivity contribution in [3.05, 3.63) is 95.9 Å². The number of aryl methyl sites for hydroxylation is 1. The van der Waals surface area contributed by atoms with Gasteiger partial charge in [-0.25, -0.2) is 0 Å². The number of carbonyl (C=O) groups is 1. The molecule has 0 unspecified atom stereocenters. The molecule has 186 valence electrons. The summed E-state index contributed by atoms with van der Waals surface area (Å²) in [5.41, 5.74) is 2.99. The van der Waals surface area contributed by atoms with Gasteiger partial charge in [0.15, 0.2) is 11.5 Å². The molecule has 1 amide bonds. The summed E-state index contributed by atoms with van der Waals surface area (Å²) in [6.07, 6.45) is 1.58. The molecule has 3 aromatic carbocycles. The van der Waals surface area contributed by atoms with Gasteiger partial charge in [0.2, 0.25) is 17.6 Å². The van der Waals surface area contributed by atoms with Crippen molar-refractivity contribution in [1.82, 2.24) is 15.0 Å². The van der Waals surface area contributed by atoms with E-state index >= 15 is 0 Å². The van der Waals surface area contributed by atoms with Crippen molar-refractivity contribution >= 4 is 5.91 Å². The molecule has 4 rings (SSSR count). The summed E-state index contributed by atoms with van der Waals surface area (Å²) >= 11 is 0. The quantitative estimate of drug-likeness (QED) is 0.278. The summed E-state index contributed by atoms with van der Waals surface area (Å²) in [6, 6.07) is 25.5. The lowest BCUT2D eigenvalue weighted by atomic mass is 10.0. The first-order valence-electron chi connectivity index (χ1n) is 12.0. The Bertz CT molecular complexity index is 1260. The SMILES string of the molecule is COc1ccc(-c2noc(CCN(C(=O)CCc3ccccc3)[C@H](C)c3ccccc3)n2)cc1OC. The van der Waals surface area contributed by atoms with Crippen LogP contribution in [0, 0.1) is 0 Å². The van der Waals surface area contributed by atoms with Crippen molar-refractivity contribution in [2.24, 2.45) is 0 Å². The number of hydrogen-bond acceptors (Lipinski definition) is 6. The second-order valence-electron chi connectivity index (χ2n) is 8.49. The molecule has 4 aromatic rings. The molecule has 1 heterocycles. The molecular formula is C29H31N3O4. The molecule has 0 bridgehead atoms. The van der Waals surface area contributed by atoms with E-state index in [-0.39, 0.29) is 11.9 Å². The van der Waals surface area contributed by atoms with Gasteiger partial charge in [0.25, 0.3) is 0 Å². The zero-order chi connectivity index (χ0) is 25.3. The summed E-state index contributed by atoms with van der Waals surface area (Å²) in [7, 11) is 3.17. The molecule has 0 radical (unpaired) electrons. The first-order chi connectivity index (χ1) is 17.6. The second kappa shape index (κ2) is 12.0. The Labute approximate surface area is 211 Å². The van der Waals surface area contributed by atoms with Crippen LogP contribution in [-0.2, 0) is 17.6 Å². The van der Waals surface area contributed by atoms with E-state index in [1.54, 1.807) is 20.3 Å². The van der Waals surface area contributed by atoms with E-state index in [2.05, 4.69) is 17.1 Å². The lowest BCUT2D eigenvalue weighted by Crippen LogP contribution is -2.35. The number of benzene rings is 3. The van der Waals surface area contributed by atoms with Crippen molar-refractivity contribution in [3.8, 4) is 22.9 Å². The molecule has 7 nitrogen and oxygen atoms in total. The maximum Gasteiger partial charge on any atom is 0.228 e. The fourth-order valence-electron chi connectivity index (χ4n) is 4.15. The summed E-state index contributed by atoms with van der Waals surface area (Å²) in [6.45, 7) is 2.52. The first-order valence-corrected chi connectivity index (χ1v) is 12.0. The van der Waals surface area contributed by atoms with Crippen LogP contribution in [0.25, 0.3) is 11.4 Å². The van der Waals surface area contributed by atoms with Crippen LogP contribution in [0.5, 0.6) is 11.5 Å². The Morgan fingerprint density at radius 1 is 0.917 bits per heavy atom. The van der Waals surface area contributed by atoms with Gasteiger partial charge in [0.1, 0.15) is 0 Å². The number of carbonyl (C=O) groups excluding carboxylic acids is 1. The van der Waals surface area contributed by atoms with Gasteiger partial charge in [0, 0.05) is 24.9 Å². The topological polar surface area (TPSA) is 77.7 Å². The van der Waals surface area contributed by atoms with E-state index in [0.717, 1.165) is 16.7 Å². The van der Waals surface area contributed by atoms with Crippen molar-refractivity contribution in [2.75, 3.05) is 20.8 Å². The molecule has 1 aromatic heterocycles. The van der Waals surface area contributed by atoms with Crippen molar-refractivity contribution in [3.63, 3.8) is 0 Å². The summed E-state index contributed by atoms with van der Waals surface area (Å²) < 4.78 is 16.2. The second-order valence-corrected chi connectivity index (χ2v) is 8.49. The van der Waals surface area contributed by atoms with E-state index in [4.69, 9.17) is 14.0 Å². The van der Waals surface area contributed by atoms with Gasteiger partial charge in [-0.15, -0.1) is 0 Å². The third-order valence-electron chi connectivity index (χ3n) is 6.22. The Morgan fingerprint density at radius 3 is 2.31 bits per heavy atom. The Morgan fingerprint density at radius 2 is 1.61 bits per heavy atom. The number of hydrogen-bond donors (Lipinski definition) is 0. The van der Waals surface area contributed by atoms with Crippen LogP contribution in [0.4, 0.5) is 0 Å². The Hall–Kier alpha value is -4.13. The highest BCUT2D eigenvalue weighted by molar-refractivity contribution is 5.77. The van der Waals surface area contributed by atoms with Crippen LogP contribution in [-0.4, -0.2) is 41.7 Å². The van der Waals surface area contributed by atoms with Crippen LogP contribution < -0.4 is 9.47 Å². The van der Waals surface area contributed by atoms with Crippen molar-refractivity contribution in [1.29, 1.82) is 0 Å². The fraction of sp³-hybridized carbons (Fsp3) is 0.276. The summed E-state index contributed by atoms with van der Waals surface area (Å²) in [5.74, 6) is 2.25. The van der Waals surface area contributed by atoms with Gasteiger partial charge in [-0.05, 0) is 42.7 Å². The summed E-state index contributed by atoms with van der Waals surface area (Å²) in [5, 5.41) is 4.13. The molecule has 1 atom stereocenters. The lowest BCUT2D eigenvalue weighted by Gasteiger charge is -2.29. The van der Waals surface area contributed by atoms with Gasteiger partial charge in [-0.2, -0.15) is 4.98 Å². The lowest BCUT2D eigenvalue weighted by molar-refractivity contribution is -0.133. The zero-order valence-electron chi connectivity index (χ0n) is 20.9. The number of ether oxygens (including phenoxy) is 2. The Balaban J connectivity index is 1.47. The molecule has 36 heavy (non-hydrogen) atoms. The highest BCUT2D eigenvalue weighted by atomic mass is 16.5. The Kier molecular flexibility index (Phi) is 8.34. The molecular weight excluding hydrogens is 454 g/mol. The molecule has 0 fully saturated rings. The maximum atomic E-state index is 13.3. The van der Waals surface area contributed by atoms with Crippen LogP contribution in [0.2, 0.25) is 0 Å². The third-order valence-corrected chi connectivity index (χ3v) is 6.22. The minimum absolute atomic E-state index is 0.0808. The van der Waals surface area contributed by atoms with Crippen LogP contribution in [0.15, 0.2) is 83.4 Å². The zero-order valence-corrected chi connectivity index (χ0v) is 20.9. The van der Waals surface area contributed by atoms with E-state index in [9.17, 15) is 4.79 Å². The van der Waals surface area contributed by atoms with Gasteiger partial charge >= 0.3 is 0 Å². The van der Waals surface area contributed by atoms with Crippen molar-refractivity contribution < 1.29 is 18.8 Å². The minimum Gasteiger partial charge on any atom is -0.493 e. The van der Waals surface area contributed by atoms with Gasteiger partial charge in [0.05, 0.1) is 20.3 Å². The average Bonchev–Trinajstić information content (AvgIpc) is 3.41. The number of aromatic nitrogens is 2. The van der Waals surface area contributed by atoms with Gasteiger partial charge in [-0.1, -0.05) is 65.8 Å². The number of methoxy groups -OCH3 is 2. The minimum atomic E-state index is -0.0808. The number of amides is 1. The van der Waals surface area contributed by atoms with Crippen LogP contribution >= 0.6 is 0 Å². The van der Waals surface area contributed by atoms with Gasteiger partial charge in [-0.3, -0.25) is 4.79 Å². The molecule has 0 saturated carbocycles. The van der Waals surface area contributed by atoms with Crippen LogP contribution in [0.3, 0.4) is 0 Å². The predicted octanol–water partition coefficient (Wildman–Crippen LogP) is 5.52.